The van der Waals surface area contributed by atoms with Crippen molar-refractivity contribution in [3.63, 3.8) is 0 Å². The van der Waals surface area contributed by atoms with E-state index in [4.69, 9.17) is 17.3 Å². The van der Waals surface area contributed by atoms with Crippen molar-refractivity contribution in [2.45, 2.75) is 50.9 Å². The summed E-state index contributed by atoms with van der Waals surface area (Å²) in [4.78, 5) is 1.46. The minimum absolute atomic E-state index is 0.126. The topological polar surface area (TPSA) is 47.4 Å². The molecule has 0 bridgehead atoms. The van der Waals surface area contributed by atoms with E-state index in [9.17, 15) is 5.11 Å². The zero-order valence-electron chi connectivity index (χ0n) is 13.9. The lowest BCUT2D eigenvalue weighted by Gasteiger charge is -2.26. The van der Waals surface area contributed by atoms with Crippen LogP contribution in [0.1, 0.15) is 43.0 Å². The molecule has 0 unspecified atom stereocenters. The zero-order chi connectivity index (χ0) is 16.5. The molecule has 0 radical (unpaired) electrons. The number of nitrogens with one attached hydrogen (secondary N) is 1. The van der Waals surface area contributed by atoms with Gasteiger partial charge in [0.05, 0.1) is 25.7 Å². The molecule has 0 spiro atoms. The first-order valence-electron chi connectivity index (χ1n) is 8.94. The van der Waals surface area contributed by atoms with Crippen LogP contribution >= 0.6 is 12.2 Å². The van der Waals surface area contributed by atoms with E-state index in [-0.39, 0.29) is 6.10 Å². The molecule has 2 N–H and O–H groups in total. The van der Waals surface area contributed by atoms with Crippen molar-refractivity contribution in [3.05, 3.63) is 46.5 Å². The van der Waals surface area contributed by atoms with E-state index in [1.807, 2.05) is 10.7 Å². The van der Waals surface area contributed by atoms with E-state index in [1.54, 1.807) is 0 Å². The number of hydrogen-bond acceptors (Lipinski definition) is 3. The summed E-state index contributed by atoms with van der Waals surface area (Å²) < 4.78 is 5.07. The molecule has 2 aromatic rings. The number of quaternary nitrogens is 1. The first-order valence-corrected chi connectivity index (χ1v) is 9.34. The van der Waals surface area contributed by atoms with E-state index in [2.05, 4.69) is 28.8 Å². The van der Waals surface area contributed by atoms with Gasteiger partial charge in [0.2, 0.25) is 4.77 Å². The lowest BCUT2D eigenvalue weighted by atomic mass is 10.1. The van der Waals surface area contributed by atoms with Crippen molar-refractivity contribution >= 4 is 12.2 Å². The maximum absolute atomic E-state index is 9.68. The highest BCUT2D eigenvalue weighted by Crippen LogP contribution is 2.39. The van der Waals surface area contributed by atoms with Gasteiger partial charge in [0.15, 0.2) is 6.67 Å². The van der Waals surface area contributed by atoms with Crippen molar-refractivity contribution in [3.8, 4) is 0 Å². The fourth-order valence-corrected chi connectivity index (χ4v) is 3.76. The monoisotopic (exact) mass is 345 g/mol. The van der Waals surface area contributed by atoms with Crippen LogP contribution in [-0.4, -0.2) is 38.6 Å². The first kappa shape index (κ1) is 16.0. The normalized spacial score (nSPS) is 24.2. The summed E-state index contributed by atoms with van der Waals surface area (Å²) in [6.07, 6.45) is 4.08. The first-order chi connectivity index (χ1) is 11.7. The van der Waals surface area contributed by atoms with E-state index in [1.165, 1.54) is 23.3 Å². The summed E-state index contributed by atoms with van der Waals surface area (Å²) in [6.45, 7) is 3.60. The second kappa shape index (κ2) is 6.78. The summed E-state index contributed by atoms with van der Waals surface area (Å²) in [5, 5.41) is 14.6. The van der Waals surface area contributed by atoms with Crippen molar-refractivity contribution in [2.75, 3.05) is 13.1 Å². The van der Waals surface area contributed by atoms with Gasteiger partial charge in [-0.05, 0) is 30.6 Å². The molecule has 0 amide bonds. The summed E-state index contributed by atoms with van der Waals surface area (Å²) >= 11 is 5.75. The van der Waals surface area contributed by atoms with Crippen molar-refractivity contribution in [1.82, 2.24) is 14.3 Å². The molecule has 1 aliphatic carbocycles. The van der Waals surface area contributed by atoms with Gasteiger partial charge < -0.3 is 10.0 Å². The molecule has 1 saturated carbocycles. The van der Waals surface area contributed by atoms with Gasteiger partial charge in [-0.2, -0.15) is 9.78 Å². The van der Waals surface area contributed by atoms with Crippen LogP contribution in [0.5, 0.6) is 0 Å². The molecule has 2 fully saturated rings. The Hall–Kier alpha value is -1.50. The second-order valence-electron chi connectivity index (χ2n) is 7.13. The van der Waals surface area contributed by atoms with E-state index >= 15 is 0 Å². The number of likely N-dealkylation sites (tertiary alicyclic amines) is 1. The molecule has 1 saturated heterocycles. The number of aliphatic hydroxyl groups is 1. The third-order valence-electron chi connectivity index (χ3n) is 5.11. The fraction of sp³-hybridized carbons (Fsp3) is 0.556. The van der Waals surface area contributed by atoms with Gasteiger partial charge in [-0.15, -0.1) is 0 Å². The van der Waals surface area contributed by atoms with Crippen LogP contribution in [0, 0.1) is 4.77 Å². The van der Waals surface area contributed by atoms with E-state index in [0.29, 0.717) is 5.92 Å². The number of aliphatic hydroxyl groups excluding tert-OH is 1. The Morgan fingerprint density at radius 3 is 2.50 bits per heavy atom. The van der Waals surface area contributed by atoms with Crippen LogP contribution in [0.3, 0.4) is 0 Å². The van der Waals surface area contributed by atoms with Gasteiger partial charge >= 0.3 is 0 Å². The third-order valence-corrected chi connectivity index (χ3v) is 5.54. The van der Waals surface area contributed by atoms with E-state index in [0.717, 1.165) is 49.7 Å². The molecule has 2 aliphatic rings. The lowest BCUT2D eigenvalue weighted by molar-refractivity contribution is -0.929. The molecule has 4 rings (SSSR count). The van der Waals surface area contributed by atoms with Crippen LogP contribution in [0.2, 0.25) is 0 Å². The smallest absolute Gasteiger partial charge is 0.203 e. The quantitative estimate of drug-likeness (QED) is 0.804. The highest BCUT2D eigenvalue weighted by Gasteiger charge is 2.31. The molecule has 1 aromatic heterocycles. The Labute approximate surface area is 147 Å². The van der Waals surface area contributed by atoms with Crippen LogP contribution in [-0.2, 0) is 13.2 Å². The number of nitrogens with zero attached hydrogens (tertiary/aromatic N) is 3. The van der Waals surface area contributed by atoms with Crippen molar-refractivity contribution < 1.29 is 10.0 Å². The number of benzene rings is 1. The molecule has 5 nitrogen and oxygen atoms in total. The lowest BCUT2D eigenvalue weighted by Crippen LogP contribution is -3.12. The summed E-state index contributed by atoms with van der Waals surface area (Å²) in [6, 6.07) is 10.5. The molecule has 1 aromatic carbocycles. The number of rotatable bonds is 5. The molecule has 24 heavy (non-hydrogen) atoms. The van der Waals surface area contributed by atoms with Gasteiger partial charge in [-0.3, -0.25) is 4.57 Å². The van der Waals surface area contributed by atoms with E-state index < -0.39 is 0 Å². The zero-order valence-corrected chi connectivity index (χ0v) is 14.7. The Kier molecular flexibility index (Phi) is 4.52. The number of hydrogen-bond donors (Lipinski definition) is 2. The minimum Gasteiger partial charge on any atom is -0.393 e. The van der Waals surface area contributed by atoms with Gasteiger partial charge in [0.1, 0.15) is 5.82 Å². The number of aromatic nitrogens is 3. The second-order valence-corrected chi connectivity index (χ2v) is 7.49. The molecule has 6 heteroatoms. The van der Waals surface area contributed by atoms with Gasteiger partial charge in [0.25, 0.3) is 0 Å². The Bertz CT molecular complexity index is 742. The standard InChI is InChI=1S/C18H24N4OS/c23-16-8-10-20(11-9-16)13-22-18(24)21(17(19-22)15-6-7-15)12-14-4-2-1-3-5-14/h1-5,15-16,23H,6-13H2/p+1. The van der Waals surface area contributed by atoms with Crippen LogP contribution in [0.4, 0.5) is 0 Å². The predicted molar refractivity (Wildman–Crippen MR) is 94.5 cm³/mol. The minimum atomic E-state index is -0.126. The highest BCUT2D eigenvalue weighted by atomic mass is 32.1. The Morgan fingerprint density at radius 1 is 1.12 bits per heavy atom. The van der Waals surface area contributed by atoms with Crippen LogP contribution in [0.25, 0.3) is 0 Å². The predicted octanol–water partition coefficient (Wildman–Crippen LogP) is 1.34. The maximum Gasteiger partial charge on any atom is 0.203 e. The third kappa shape index (κ3) is 3.45. The molecular weight excluding hydrogens is 320 g/mol. The number of piperidine rings is 1. The molecule has 128 valence electrons. The maximum atomic E-state index is 9.68. The summed E-state index contributed by atoms with van der Waals surface area (Å²) in [5.74, 6) is 1.73. The molecular formula is C18H25N4OS+. The average Bonchev–Trinajstić information content (AvgIpc) is 3.40. The highest BCUT2D eigenvalue weighted by molar-refractivity contribution is 7.71. The fourth-order valence-electron chi connectivity index (χ4n) is 3.50. The molecule has 0 atom stereocenters. The largest absolute Gasteiger partial charge is 0.393 e. The Morgan fingerprint density at radius 2 is 1.83 bits per heavy atom. The van der Waals surface area contributed by atoms with Gasteiger partial charge in [-0.1, -0.05) is 30.3 Å². The van der Waals surface area contributed by atoms with Crippen molar-refractivity contribution in [2.24, 2.45) is 0 Å². The van der Waals surface area contributed by atoms with Gasteiger partial charge in [0, 0.05) is 18.8 Å². The van der Waals surface area contributed by atoms with Crippen LogP contribution < -0.4 is 4.90 Å². The average molecular weight is 345 g/mol. The SMILES string of the molecule is OC1CC[NH+](Cn2nc(C3CC3)n(Cc3ccccc3)c2=S)CC1. The van der Waals surface area contributed by atoms with Gasteiger partial charge in [-0.25, -0.2) is 0 Å². The molecule has 2 heterocycles. The van der Waals surface area contributed by atoms with Crippen LogP contribution in [0.15, 0.2) is 30.3 Å². The summed E-state index contributed by atoms with van der Waals surface area (Å²) in [5.41, 5.74) is 1.27. The van der Waals surface area contributed by atoms with Crippen molar-refractivity contribution in [1.29, 1.82) is 0 Å². The summed E-state index contributed by atoms with van der Waals surface area (Å²) in [7, 11) is 0. The molecule has 1 aliphatic heterocycles. The Balaban J connectivity index is 1.57.